The lowest BCUT2D eigenvalue weighted by atomic mass is 9.86. The Morgan fingerprint density at radius 1 is 1.67 bits per heavy atom. The van der Waals surface area contributed by atoms with Gasteiger partial charge in [0.15, 0.2) is 0 Å². The second-order valence-electron chi connectivity index (χ2n) is 3.30. The van der Waals surface area contributed by atoms with E-state index in [0.29, 0.717) is 5.92 Å². The summed E-state index contributed by atoms with van der Waals surface area (Å²) in [6.07, 6.45) is 5.99. The van der Waals surface area contributed by atoms with E-state index in [1.165, 1.54) is 0 Å². The highest BCUT2D eigenvalue weighted by Crippen LogP contribution is 2.25. The smallest absolute Gasteiger partial charge is 0.0802 e. The summed E-state index contributed by atoms with van der Waals surface area (Å²) in [5, 5.41) is 9.46. The molecule has 0 unspecified atom stereocenters. The fourth-order valence-corrected chi connectivity index (χ4v) is 1.41. The van der Waals surface area contributed by atoms with Crippen LogP contribution in [0, 0.1) is 5.92 Å². The van der Waals surface area contributed by atoms with Crippen LogP contribution in [-0.2, 0) is 0 Å². The molecule has 9 heavy (non-hydrogen) atoms. The first kappa shape index (κ1) is 6.81. The third-order valence-corrected chi connectivity index (χ3v) is 1.78. The molecule has 0 bridgehead atoms. The van der Waals surface area contributed by atoms with Gasteiger partial charge in [0.05, 0.1) is 5.60 Å². The minimum absolute atomic E-state index is 0.530. The molecule has 1 aliphatic carbocycles. The van der Waals surface area contributed by atoms with Gasteiger partial charge >= 0.3 is 0 Å². The van der Waals surface area contributed by atoms with Crippen molar-refractivity contribution < 1.29 is 5.11 Å². The van der Waals surface area contributed by atoms with Gasteiger partial charge in [-0.2, -0.15) is 0 Å². The highest BCUT2D eigenvalue weighted by molar-refractivity contribution is 5.03. The van der Waals surface area contributed by atoms with Gasteiger partial charge in [-0.1, -0.05) is 19.1 Å². The molecule has 1 nitrogen and oxygen atoms in total. The van der Waals surface area contributed by atoms with Gasteiger partial charge in [-0.05, 0) is 25.7 Å². The molecule has 0 saturated heterocycles. The Balaban J connectivity index is 2.60. The molecule has 0 amide bonds. The van der Waals surface area contributed by atoms with Gasteiger partial charge in [-0.15, -0.1) is 0 Å². The van der Waals surface area contributed by atoms with Crippen molar-refractivity contribution in [3.63, 3.8) is 0 Å². The normalized spacial score (nSPS) is 43.2. The van der Waals surface area contributed by atoms with E-state index in [1.807, 2.05) is 13.0 Å². The Bertz CT molecular complexity index is 125. The van der Waals surface area contributed by atoms with E-state index in [1.54, 1.807) is 0 Å². The Kier molecular flexibility index (Phi) is 1.62. The van der Waals surface area contributed by atoms with Crippen molar-refractivity contribution in [3.05, 3.63) is 12.2 Å². The van der Waals surface area contributed by atoms with Crippen LogP contribution in [0.2, 0.25) is 0 Å². The average molecular weight is 126 g/mol. The number of rotatable bonds is 0. The van der Waals surface area contributed by atoms with Crippen LogP contribution in [0.15, 0.2) is 12.2 Å². The maximum Gasteiger partial charge on any atom is 0.0802 e. The summed E-state index contributed by atoms with van der Waals surface area (Å²) in [4.78, 5) is 0. The van der Waals surface area contributed by atoms with Crippen LogP contribution in [0.25, 0.3) is 0 Å². The molecule has 0 spiro atoms. The van der Waals surface area contributed by atoms with Crippen LogP contribution in [0.5, 0.6) is 0 Å². The van der Waals surface area contributed by atoms with Crippen molar-refractivity contribution in [2.75, 3.05) is 0 Å². The fraction of sp³-hybridized carbons (Fsp3) is 0.750. The Morgan fingerprint density at radius 2 is 2.33 bits per heavy atom. The molecule has 0 saturated carbocycles. The van der Waals surface area contributed by atoms with Crippen LogP contribution < -0.4 is 0 Å². The summed E-state index contributed by atoms with van der Waals surface area (Å²) in [5.41, 5.74) is -0.530. The monoisotopic (exact) mass is 126 g/mol. The number of hydrogen-bond acceptors (Lipinski definition) is 1. The van der Waals surface area contributed by atoms with Crippen molar-refractivity contribution in [1.29, 1.82) is 0 Å². The molecule has 0 radical (unpaired) electrons. The predicted molar refractivity (Wildman–Crippen MR) is 38.2 cm³/mol. The maximum atomic E-state index is 9.46. The Labute approximate surface area is 56.4 Å². The van der Waals surface area contributed by atoms with Crippen molar-refractivity contribution in [3.8, 4) is 0 Å². The summed E-state index contributed by atoms with van der Waals surface area (Å²) < 4.78 is 0. The van der Waals surface area contributed by atoms with Crippen LogP contribution >= 0.6 is 0 Å². The SMILES string of the molecule is C[C@@H]1CC=C[C@@](C)(O)C1. The maximum absolute atomic E-state index is 9.46. The van der Waals surface area contributed by atoms with E-state index in [9.17, 15) is 5.11 Å². The molecular weight excluding hydrogens is 112 g/mol. The standard InChI is InChI=1S/C8H14O/c1-7-4-3-5-8(2,9)6-7/h3,5,7,9H,4,6H2,1-2H3/t7-,8-/m1/s1. The molecule has 0 aromatic carbocycles. The quantitative estimate of drug-likeness (QED) is 0.490. The minimum Gasteiger partial charge on any atom is -0.386 e. The highest BCUT2D eigenvalue weighted by atomic mass is 16.3. The molecule has 0 aliphatic heterocycles. The highest BCUT2D eigenvalue weighted by Gasteiger charge is 2.22. The van der Waals surface area contributed by atoms with E-state index in [0.717, 1.165) is 12.8 Å². The van der Waals surface area contributed by atoms with Gasteiger partial charge in [0.25, 0.3) is 0 Å². The summed E-state index contributed by atoms with van der Waals surface area (Å²) in [6.45, 7) is 4.02. The molecule has 0 fully saturated rings. The summed E-state index contributed by atoms with van der Waals surface area (Å²) >= 11 is 0. The lowest BCUT2D eigenvalue weighted by Crippen LogP contribution is -2.26. The number of hydrogen-bond donors (Lipinski definition) is 1. The van der Waals surface area contributed by atoms with Crippen molar-refractivity contribution in [2.45, 2.75) is 32.3 Å². The number of aliphatic hydroxyl groups is 1. The molecule has 1 aliphatic rings. The molecule has 1 N–H and O–H groups in total. The zero-order valence-electron chi connectivity index (χ0n) is 6.09. The Hall–Kier alpha value is -0.300. The van der Waals surface area contributed by atoms with Gasteiger partial charge in [0, 0.05) is 0 Å². The third kappa shape index (κ3) is 1.83. The summed E-state index contributed by atoms with van der Waals surface area (Å²) in [6, 6.07) is 0. The first-order valence-electron chi connectivity index (χ1n) is 3.50. The lowest BCUT2D eigenvalue weighted by molar-refractivity contribution is 0.0785. The number of allylic oxidation sites excluding steroid dienone is 1. The van der Waals surface area contributed by atoms with Crippen LogP contribution in [-0.4, -0.2) is 10.7 Å². The molecule has 52 valence electrons. The van der Waals surface area contributed by atoms with E-state index in [-0.39, 0.29) is 0 Å². The van der Waals surface area contributed by atoms with Gasteiger partial charge < -0.3 is 5.11 Å². The zero-order valence-corrected chi connectivity index (χ0v) is 6.09. The van der Waals surface area contributed by atoms with Gasteiger partial charge in [0.1, 0.15) is 0 Å². The molecule has 1 rings (SSSR count). The lowest BCUT2D eigenvalue weighted by Gasteiger charge is -2.26. The Morgan fingerprint density at radius 3 is 2.67 bits per heavy atom. The molecule has 0 aromatic rings. The molecule has 0 heterocycles. The van der Waals surface area contributed by atoms with Crippen molar-refractivity contribution >= 4 is 0 Å². The molecular formula is C8H14O. The van der Waals surface area contributed by atoms with E-state index < -0.39 is 5.60 Å². The van der Waals surface area contributed by atoms with E-state index in [2.05, 4.69) is 13.0 Å². The van der Waals surface area contributed by atoms with Crippen LogP contribution in [0.3, 0.4) is 0 Å². The molecule has 0 aromatic heterocycles. The van der Waals surface area contributed by atoms with Crippen molar-refractivity contribution in [2.24, 2.45) is 5.92 Å². The summed E-state index contributed by atoms with van der Waals surface area (Å²) in [5.74, 6) is 0.644. The van der Waals surface area contributed by atoms with Crippen molar-refractivity contribution in [1.82, 2.24) is 0 Å². The summed E-state index contributed by atoms with van der Waals surface area (Å²) in [7, 11) is 0. The van der Waals surface area contributed by atoms with Gasteiger partial charge in [0.2, 0.25) is 0 Å². The van der Waals surface area contributed by atoms with E-state index >= 15 is 0 Å². The average Bonchev–Trinajstić information content (AvgIpc) is 1.60. The van der Waals surface area contributed by atoms with Crippen LogP contribution in [0.1, 0.15) is 26.7 Å². The van der Waals surface area contributed by atoms with Gasteiger partial charge in [-0.3, -0.25) is 0 Å². The van der Waals surface area contributed by atoms with Crippen LogP contribution in [0.4, 0.5) is 0 Å². The zero-order chi connectivity index (χ0) is 6.91. The largest absolute Gasteiger partial charge is 0.386 e. The fourth-order valence-electron chi connectivity index (χ4n) is 1.41. The van der Waals surface area contributed by atoms with Gasteiger partial charge in [-0.25, -0.2) is 0 Å². The predicted octanol–water partition coefficient (Wildman–Crippen LogP) is 1.72. The second-order valence-corrected chi connectivity index (χ2v) is 3.30. The first-order valence-corrected chi connectivity index (χ1v) is 3.50. The topological polar surface area (TPSA) is 20.2 Å². The minimum atomic E-state index is -0.530. The third-order valence-electron chi connectivity index (χ3n) is 1.78. The second kappa shape index (κ2) is 2.14. The molecule has 2 atom stereocenters. The first-order chi connectivity index (χ1) is 4.10. The molecule has 1 heteroatoms. The van der Waals surface area contributed by atoms with E-state index in [4.69, 9.17) is 0 Å².